The Labute approximate surface area is 115 Å². The summed E-state index contributed by atoms with van der Waals surface area (Å²) in [4.78, 5) is 14.3. The van der Waals surface area contributed by atoms with Gasteiger partial charge in [-0.2, -0.15) is 0 Å². The number of aliphatic hydroxyl groups excluding tert-OH is 1. The number of anilines is 1. The number of hydrogen-bond donors (Lipinski definition) is 2. The summed E-state index contributed by atoms with van der Waals surface area (Å²) in [5.74, 6) is -0.0165. The highest BCUT2D eigenvalue weighted by molar-refractivity contribution is 7.15. The van der Waals surface area contributed by atoms with Gasteiger partial charge in [0.2, 0.25) is 11.0 Å². The number of piperidine rings is 2. The smallest absolute Gasteiger partial charge is 0.230 e. The van der Waals surface area contributed by atoms with E-state index in [0.29, 0.717) is 19.5 Å². The third-order valence-corrected chi connectivity index (χ3v) is 5.01. The number of carbonyl (C=O) groups is 1. The van der Waals surface area contributed by atoms with E-state index in [0.717, 1.165) is 29.5 Å². The molecule has 0 radical (unpaired) electrons. The standard InChI is InChI=1S/C12H18N4O2S/c1-8-14-15-11(19-8)16-6-3-9(17)12(7-16)4-2-5-13-10(12)18/h9,17H,2-7H2,1H3,(H,13,18)/t9-,12+/m0/s1. The number of aromatic nitrogens is 2. The lowest BCUT2D eigenvalue weighted by Crippen LogP contribution is -2.61. The molecule has 2 aliphatic heterocycles. The van der Waals surface area contributed by atoms with Crippen LogP contribution in [0.4, 0.5) is 5.13 Å². The van der Waals surface area contributed by atoms with Crippen LogP contribution in [0.3, 0.4) is 0 Å². The number of amides is 1. The zero-order valence-electron chi connectivity index (χ0n) is 10.9. The van der Waals surface area contributed by atoms with Crippen LogP contribution in [-0.4, -0.2) is 46.9 Å². The van der Waals surface area contributed by atoms with E-state index in [2.05, 4.69) is 20.4 Å². The second-order valence-electron chi connectivity index (χ2n) is 5.35. The zero-order valence-corrected chi connectivity index (χ0v) is 11.7. The molecule has 2 N–H and O–H groups in total. The van der Waals surface area contributed by atoms with Crippen LogP contribution in [0.5, 0.6) is 0 Å². The summed E-state index contributed by atoms with van der Waals surface area (Å²) in [7, 11) is 0. The topological polar surface area (TPSA) is 78.3 Å². The molecule has 2 fully saturated rings. The van der Waals surface area contributed by atoms with Crippen LogP contribution in [-0.2, 0) is 4.79 Å². The molecule has 7 heteroatoms. The van der Waals surface area contributed by atoms with Gasteiger partial charge in [-0.1, -0.05) is 11.3 Å². The van der Waals surface area contributed by atoms with Gasteiger partial charge in [-0.3, -0.25) is 4.79 Å². The molecule has 104 valence electrons. The van der Waals surface area contributed by atoms with E-state index in [4.69, 9.17) is 0 Å². The molecular weight excluding hydrogens is 264 g/mol. The molecule has 0 aliphatic carbocycles. The highest BCUT2D eigenvalue weighted by Gasteiger charge is 2.50. The van der Waals surface area contributed by atoms with Gasteiger partial charge in [0.05, 0.1) is 11.5 Å². The summed E-state index contributed by atoms with van der Waals surface area (Å²) in [6.07, 6.45) is 1.71. The van der Waals surface area contributed by atoms with Gasteiger partial charge in [-0.15, -0.1) is 10.2 Å². The lowest BCUT2D eigenvalue weighted by atomic mass is 9.71. The minimum absolute atomic E-state index is 0.0165. The molecule has 2 atom stereocenters. The Bertz CT molecular complexity index is 492. The fourth-order valence-corrected chi connectivity index (χ4v) is 3.73. The predicted molar refractivity (Wildman–Crippen MR) is 72.2 cm³/mol. The summed E-state index contributed by atoms with van der Waals surface area (Å²) in [6.45, 7) is 3.90. The number of aryl methyl sites for hydroxylation is 1. The summed E-state index contributed by atoms with van der Waals surface area (Å²) >= 11 is 1.53. The van der Waals surface area contributed by atoms with E-state index in [1.807, 2.05) is 6.92 Å². The first-order valence-electron chi connectivity index (χ1n) is 6.63. The van der Waals surface area contributed by atoms with Crippen LogP contribution in [0.2, 0.25) is 0 Å². The summed E-state index contributed by atoms with van der Waals surface area (Å²) in [5.41, 5.74) is -0.671. The van der Waals surface area contributed by atoms with E-state index >= 15 is 0 Å². The first-order chi connectivity index (χ1) is 9.12. The van der Waals surface area contributed by atoms with Gasteiger partial charge < -0.3 is 15.3 Å². The quantitative estimate of drug-likeness (QED) is 0.775. The SMILES string of the molecule is Cc1nnc(N2CC[C@H](O)[C@@]3(CCCNC3=O)C2)s1. The minimum Gasteiger partial charge on any atom is -0.392 e. The Balaban J connectivity index is 1.86. The van der Waals surface area contributed by atoms with E-state index in [-0.39, 0.29) is 5.91 Å². The molecule has 2 saturated heterocycles. The van der Waals surface area contributed by atoms with E-state index < -0.39 is 11.5 Å². The number of nitrogens with one attached hydrogen (secondary N) is 1. The van der Waals surface area contributed by atoms with Gasteiger partial charge in [-0.25, -0.2) is 0 Å². The van der Waals surface area contributed by atoms with E-state index in [1.165, 1.54) is 11.3 Å². The number of carbonyl (C=O) groups excluding carboxylic acids is 1. The first kappa shape index (κ1) is 12.8. The minimum atomic E-state index is -0.671. The summed E-state index contributed by atoms with van der Waals surface area (Å²) in [5, 5.41) is 23.1. The molecule has 6 nitrogen and oxygen atoms in total. The Hall–Kier alpha value is -1.21. The number of aliphatic hydroxyl groups is 1. The van der Waals surface area contributed by atoms with Crippen molar-refractivity contribution in [3.63, 3.8) is 0 Å². The largest absolute Gasteiger partial charge is 0.392 e. The van der Waals surface area contributed by atoms with Crippen LogP contribution >= 0.6 is 11.3 Å². The fourth-order valence-electron chi connectivity index (χ4n) is 3.02. The molecule has 0 bridgehead atoms. The molecule has 2 aliphatic rings. The van der Waals surface area contributed by atoms with Gasteiger partial charge in [-0.05, 0) is 26.2 Å². The molecule has 0 saturated carbocycles. The van der Waals surface area contributed by atoms with Gasteiger partial charge in [0.1, 0.15) is 5.01 Å². The van der Waals surface area contributed by atoms with Gasteiger partial charge in [0.15, 0.2) is 0 Å². The summed E-state index contributed by atoms with van der Waals surface area (Å²) < 4.78 is 0. The highest BCUT2D eigenvalue weighted by atomic mass is 32.1. The van der Waals surface area contributed by atoms with E-state index in [1.54, 1.807) is 0 Å². The van der Waals surface area contributed by atoms with Crippen molar-refractivity contribution in [2.45, 2.75) is 32.3 Å². The van der Waals surface area contributed by atoms with Crippen LogP contribution in [0, 0.1) is 12.3 Å². The van der Waals surface area contributed by atoms with Crippen molar-refractivity contribution in [1.29, 1.82) is 0 Å². The molecular formula is C12H18N4O2S. The first-order valence-corrected chi connectivity index (χ1v) is 7.45. The summed E-state index contributed by atoms with van der Waals surface area (Å²) in [6, 6.07) is 0. The molecule has 1 aromatic rings. The molecule has 0 unspecified atom stereocenters. The lowest BCUT2D eigenvalue weighted by molar-refractivity contribution is -0.142. The third-order valence-electron chi connectivity index (χ3n) is 4.11. The van der Waals surface area contributed by atoms with Crippen molar-refractivity contribution < 1.29 is 9.90 Å². The van der Waals surface area contributed by atoms with Crippen LogP contribution < -0.4 is 10.2 Å². The number of hydrogen-bond acceptors (Lipinski definition) is 6. The second-order valence-corrected chi connectivity index (χ2v) is 6.51. The Morgan fingerprint density at radius 3 is 3.05 bits per heavy atom. The predicted octanol–water partition coefficient (Wildman–Crippen LogP) is 0.314. The molecule has 0 aromatic carbocycles. The lowest BCUT2D eigenvalue weighted by Gasteiger charge is -2.46. The van der Waals surface area contributed by atoms with Gasteiger partial charge >= 0.3 is 0 Å². The fraction of sp³-hybridized carbons (Fsp3) is 0.750. The monoisotopic (exact) mass is 282 g/mol. The van der Waals surface area contributed by atoms with E-state index in [9.17, 15) is 9.90 Å². The highest BCUT2D eigenvalue weighted by Crippen LogP contribution is 2.39. The molecule has 3 rings (SSSR count). The van der Waals surface area contributed by atoms with Crippen LogP contribution in [0.15, 0.2) is 0 Å². The van der Waals surface area contributed by atoms with Gasteiger partial charge in [0.25, 0.3) is 0 Å². The number of rotatable bonds is 1. The molecule has 1 amide bonds. The molecule has 19 heavy (non-hydrogen) atoms. The Kier molecular flexibility index (Phi) is 3.18. The van der Waals surface area contributed by atoms with Crippen LogP contribution in [0.25, 0.3) is 0 Å². The maximum absolute atomic E-state index is 12.2. The molecule has 1 spiro atoms. The second kappa shape index (κ2) is 4.72. The zero-order chi connectivity index (χ0) is 13.5. The average molecular weight is 282 g/mol. The third kappa shape index (κ3) is 2.10. The average Bonchev–Trinajstić information content (AvgIpc) is 2.83. The van der Waals surface area contributed by atoms with Gasteiger partial charge in [0, 0.05) is 19.6 Å². The molecule has 1 aromatic heterocycles. The van der Waals surface area contributed by atoms with Crippen molar-refractivity contribution in [3.8, 4) is 0 Å². The normalized spacial score (nSPS) is 31.6. The maximum Gasteiger partial charge on any atom is 0.230 e. The van der Waals surface area contributed by atoms with Crippen molar-refractivity contribution >= 4 is 22.4 Å². The molecule has 3 heterocycles. The maximum atomic E-state index is 12.2. The van der Waals surface area contributed by atoms with Crippen molar-refractivity contribution in [2.24, 2.45) is 5.41 Å². The Morgan fingerprint density at radius 1 is 1.53 bits per heavy atom. The van der Waals surface area contributed by atoms with Crippen molar-refractivity contribution in [3.05, 3.63) is 5.01 Å². The van der Waals surface area contributed by atoms with Crippen LogP contribution in [0.1, 0.15) is 24.3 Å². The van der Waals surface area contributed by atoms with Crippen molar-refractivity contribution in [1.82, 2.24) is 15.5 Å². The Morgan fingerprint density at radius 2 is 2.37 bits per heavy atom. The number of nitrogens with zero attached hydrogens (tertiary/aromatic N) is 3. The van der Waals surface area contributed by atoms with Crippen molar-refractivity contribution in [2.75, 3.05) is 24.5 Å².